The van der Waals surface area contributed by atoms with Gasteiger partial charge in [0, 0.05) is 24.7 Å². The molecule has 114 valence electrons. The second kappa shape index (κ2) is 7.41. The minimum absolute atomic E-state index is 0.0379. The first-order valence-electron chi connectivity index (χ1n) is 7.27. The maximum Gasteiger partial charge on any atom is 0.251 e. The standard InChI is InChI=1S/C18H20N2O2/c1-13(14-6-4-3-5-7-14)12-17(21)20-16-10-8-15(9-11-16)18(22)19-2/h3-11,13H,12H2,1-2H3,(H,19,22)(H,20,21)/t13-/m0/s1. The van der Waals surface area contributed by atoms with E-state index in [9.17, 15) is 9.59 Å². The number of carbonyl (C=O) groups excluding carboxylic acids is 2. The van der Waals surface area contributed by atoms with E-state index in [2.05, 4.69) is 10.6 Å². The molecule has 0 aliphatic heterocycles. The highest BCUT2D eigenvalue weighted by molar-refractivity contribution is 5.95. The second-order valence-electron chi connectivity index (χ2n) is 5.22. The van der Waals surface area contributed by atoms with Gasteiger partial charge in [-0.2, -0.15) is 0 Å². The van der Waals surface area contributed by atoms with Crippen molar-refractivity contribution < 1.29 is 9.59 Å². The van der Waals surface area contributed by atoms with Gasteiger partial charge in [-0.05, 0) is 35.7 Å². The van der Waals surface area contributed by atoms with Gasteiger partial charge in [0.05, 0.1) is 0 Å². The lowest BCUT2D eigenvalue weighted by Gasteiger charge is -2.12. The molecule has 22 heavy (non-hydrogen) atoms. The molecule has 4 nitrogen and oxygen atoms in total. The Hall–Kier alpha value is -2.62. The van der Waals surface area contributed by atoms with Gasteiger partial charge in [-0.3, -0.25) is 9.59 Å². The molecule has 0 heterocycles. The Morgan fingerprint density at radius 3 is 2.23 bits per heavy atom. The highest BCUT2D eigenvalue weighted by Gasteiger charge is 2.11. The molecular formula is C18H20N2O2. The molecule has 2 rings (SSSR count). The number of carbonyl (C=O) groups is 2. The van der Waals surface area contributed by atoms with Gasteiger partial charge < -0.3 is 10.6 Å². The zero-order valence-corrected chi connectivity index (χ0v) is 12.8. The Balaban J connectivity index is 1.93. The van der Waals surface area contributed by atoms with E-state index in [-0.39, 0.29) is 17.7 Å². The molecule has 0 bridgehead atoms. The topological polar surface area (TPSA) is 58.2 Å². The van der Waals surface area contributed by atoms with Crippen LogP contribution in [0.15, 0.2) is 54.6 Å². The van der Waals surface area contributed by atoms with E-state index in [1.807, 2.05) is 37.3 Å². The lowest BCUT2D eigenvalue weighted by molar-refractivity contribution is -0.116. The number of anilines is 1. The van der Waals surface area contributed by atoms with Crippen molar-refractivity contribution in [1.29, 1.82) is 0 Å². The molecule has 2 aromatic carbocycles. The predicted octanol–water partition coefficient (Wildman–Crippen LogP) is 3.18. The lowest BCUT2D eigenvalue weighted by atomic mass is 9.97. The van der Waals surface area contributed by atoms with E-state index in [0.29, 0.717) is 17.7 Å². The average molecular weight is 296 g/mol. The van der Waals surface area contributed by atoms with Gasteiger partial charge in [0.15, 0.2) is 0 Å². The number of hydrogen-bond donors (Lipinski definition) is 2. The van der Waals surface area contributed by atoms with Crippen LogP contribution in [0.25, 0.3) is 0 Å². The van der Waals surface area contributed by atoms with E-state index in [1.165, 1.54) is 0 Å². The number of benzene rings is 2. The zero-order valence-electron chi connectivity index (χ0n) is 12.8. The summed E-state index contributed by atoms with van der Waals surface area (Å²) in [6.45, 7) is 2.03. The van der Waals surface area contributed by atoms with Crippen molar-refractivity contribution in [1.82, 2.24) is 5.32 Å². The molecule has 4 heteroatoms. The van der Waals surface area contributed by atoms with Crippen molar-refractivity contribution in [3.63, 3.8) is 0 Å². The van der Waals surface area contributed by atoms with Crippen LogP contribution in [0, 0.1) is 0 Å². The minimum Gasteiger partial charge on any atom is -0.355 e. The first-order valence-corrected chi connectivity index (χ1v) is 7.27. The molecule has 0 aliphatic carbocycles. The summed E-state index contributed by atoms with van der Waals surface area (Å²) in [6.07, 6.45) is 0.418. The third-order valence-corrected chi connectivity index (χ3v) is 3.52. The molecule has 2 amide bonds. The molecule has 2 aromatic rings. The fourth-order valence-corrected chi connectivity index (χ4v) is 2.24. The van der Waals surface area contributed by atoms with Crippen molar-refractivity contribution in [2.75, 3.05) is 12.4 Å². The Kier molecular flexibility index (Phi) is 5.31. The van der Waals surface area contributed by atoms with Crippen LogP contribution in [0.4, 0.5) is 5.69 Å². The fraction of sp³-hybridized carbons (Fsp3) is 0.222. The number of nitrogens with one attached hydrogen (secondary N) is 2. The molecule has 0 radical (unpaired) electrons. The van der Waals surface area contributed by atoms with E-state index < -0.39 is 0 Å². The van der Waals surface area contributed by atoms with Crippen LogP contribution in [0.3, 0.4) is 0 Å². The Bertz CT molecular complexity index is 636. The summed E-state index contributed by atoms with van der Waals surface area (Å²) in [5, 5.41) is 5.42. The quantitative estimate of drug-likeness (QED) is 0.890. The van der Waals surface area contributed by atoms with E-state index in [4.69, 9.17) is 0 Å². The SMILES string of the molecule is CNC(=O)c1ccc(NC(=O)C[C@H](C)c2ccccc2)cc1. The van der Waals surface area contributed by atoms with Crippen LogP contribution in [0.2, 0.25) is 0 Å². The second-order valence-corrected chi connectivity index (χ2v) is 5.22. The zero-order chi connectivity index (χ0) is 15.9. The summed E-state index contributed by atoms with van der Waals surface area (Å²) >= 11 is 0. The first kappa shape index (κ1) is 15.8. The van der Waals surface area contributed by atoms with Gasteiger partial charge in [-0.25, -0.2) is 0 Å². The molecule has 2 N–H and O–H groups in total. The summed E-state index contributed by atoms with van der Waals surface area (Å²) < 4.78 is 0. The Labute approximate surface area is 130 Å². The molecule has 0 aromatic heterocycles. The van der Waals surface area contributed by atoms with Crippen LogP contribution < -0.4 is 10.6 Å². The molecule has 0 unspecified atom stereocenters. The van der Waals surface area contributed by atoms with Crippen molar-refractivity contribution in [3.05, 3.63) is 65.7 Å². The van der Waals surface area contributed by atoms with E-state index in [0.717, 1.165) is 5.56 Å². The fourth-order valence-electron chi connectivity index (χ4n) is 2.24. The van der Waals surface area contributed by atoms with Crippen LogP contribution in [0.5, 0.6) is 0 Å². The van der Waals surface area contributed by atoms with Crippen LogP contribution in [0.1, 0.15) is 35.2 Å². The molecule has 0 aliphatic rings. The first-order chi connectivity index (χ1) is 10.6. The Morgan fingerprint density at radius 1 is 1.00 bits per heavy atom. The molecule has 0 saturated carbocycles. The van der Waals surface area contributed by atoms with Gasteiger partial charge in [-0.1, -0.05) is 37.3 Å². The number of amides is 2. The van der Waals surface area contributed by atoms with Crippen molar-refractivity contribution in [2.24, 2.45) is 0 Å². The Morgan fingerprint density at radius 2 is 1.64 bits per heavy atom. The third-order valence-electron chi connectivity index (χ3n) is 3.52. The highest BCUT2D eigenvalue weighted by Crippen LogP contribution is 2.19. The van der Waals surface area contributed by atoms with Gasteiger partial charge in [0.2, 0.25) is 5.91 Å². The highest BCUT2D eigenvalue weighted by atomic mass is 16.2. The summed E-state index contributed by atoms with van der Waals surface area (Å²) in [7, 11) is 1.59. The van der Waals surface area contributed by atoms with Crippen LogP contribution in [-0.4, -0.2) is 18.9 Å². The third kappa shape index (κ3) is 4.19. The van der Waals surface area contributed by atoms with Gasteiger partial charge >= 0.3 is 0 Å². The van der Waals surface area contributed by atoms with Gasteiger partial charge in [0.1, 0.15) is 0 Å². The average Bonchev–Trinajstić information content (AvgIpc) is 2.55. The summed E-state index contributed by atoms with van der Waals surface area (Å²) in [6, 6.07) is 16.8. The monoisotopic (exact) mass is 296 g/mol. The maximum absolute atomic E-state index is 12.1. The van der Waals surface area contributed by atoms with E-state index >= 15 is 0 Å². The summed E-state index contributed by atoms with van der Waals surface area (Å²) in [5.41, 5.74) is 2.41. The summed E-state index contributed by atoms with van der Waals surface area (Å²) in [4.78, 5) is 23.5. The predicted molar refractivity (Wildman–Crippen MR) is 87.9 cm³/mol. The number of rotatable bonds is 5. The lowest BCUT2D eigenvalue weighted by Crippen LogP contribution is -2.18. The largest absolute Gasteiger partial charge is 0.355 e. The normalized spacial score (nSPS) is 11.5. The van der Waals surface area contributed by atoms with Crippen LogP contribution in [-0.2, 0) is 4.79 Å². The molecule has 0 fully saturated rings. The van der Waals surface area contributed by atoms with Gasteiger partial charge in [-0.15, -0.1) is 0 Å². The number of hydrogen-bond acceptors (Lipinski definition) is 2. The molecule has 0 spiro atoms. The van der Waals surface area contributed by atoms with Gasteiger partial charge in [0.25, 0.3) is 5.91 Å². The van der Waals surface area contributed by atoms with Crippen LogP contribution >= 0.6 is 0 Å². The summed E-state index contributed by atoms with van der Waals surface area (Å²) in [5.74, 6) is -0.0223. The maximum atomic E-state index is 12.1. The smallest absolute Gasteiger partial charge is 0.251 e. The van der Waals surface area contributed by atoms with Crippen molar-refractivity contribution >= 4 is 17.5 Å². The van der Waals surface area contributed by atoms with Crippen molar-refractivity contribution in [3.8, 4) is 0 Å². The van der Waals surface area contributed by atoms with Crippen molar-refractivity contribution in [2.45, 2.75) is 19.3 Å². The molecular weight excluding hydrogens is 276 g/mol. The molecule has 1 atom stereocenters. The minimum atomic E-state index is -0.143. The molecule has 0 saturated heterocycles. The van der Waals surface area contributed by atoms with E-state index in [1.54, 1.807) is 31.3 Å².